The van der Waals surface area contributed by atoms with Crippen molar-refractivity contribution in [1.29, 1.82) is 0 Å². The first kappa shape index (κ1) is 14.4. The van der Waals surface area contributed by atoms with Gasteiger partial charge in [-0.15, -0.1) is 11.3 Å². The molecule has 20 heavy (non-hydrogen) atoms. The summed E-state index contributed by atoms with van der Waals surface area (Å²) in [5, 5.41) is 11.2. The number of nitrogens with zero attached hydrogens (tertiary/aromatic N) is 1. The van der Waals surface area contributed by atoms with E-state index in [0.29, 0.717) is 4.88 Å². The number of aliphatic carboxylic acids is 1. The van der Waals surface area contributed by atoms with Crippen molar-refractivity contribution in [3.8, 4) is 0 Å². The van der Waals surface area contributed by atoms with Gasteiger partial charge in [0, 0.05) is 12.7 Å². The van der Waals surface area contributed by atoms with Crippen LogP contribution < -0.4 is 11.1 Å². The maximum atomic E-state index is 12.0. The molecule has 0 saturated carbocycles. The van der Waals surface area contributed by atoms with Crippen LogP contribution in [-0.4, -0.2) is 34.6 Å². The number of carbonyl (C=O) groups excluding carboxylic acids is 1. The van der Waals surface area contributed by atoms with Gasteiger partial charge in [-0.25, -0.2) is 0 Å². The number of carbonyl (C=O) groups is 2. The van der Waals surface area contributed by atoms with Gasteiger partial charge in [0.1, 0.15) is 6.04 Å². The largest absolute Gasteiger partial charge is 0.480 e. The lowest BCUT2D eigenvalue weighted by Crippen LogP contribution is -2.42. The third kappa shape index (κ3) is 2.78. The fourth-order valence-corrected chi connectivity index (χ4v) is 2.76. The van der Waals surface area contributed by atoms with E-state index in [-0.39, 0.29) is 12.5 Å². The number of carboxylic acid groups (broad SMARTS) is 1. The molecular weight excluding hydrogens is 278 g/mol. The van der Waals surface area contributed by atoms with Gasteiger partial charge in [0.2, 0.25) is 0 Å². The Morgan fingerprint density at radius 1 is 1.50 bits per heavy atom. The maximum Gasteiger partial charge on any atom is 0.322 e. The number of nitrogens with one attached hydrogen (secondary N) is 1. The number of hydrogen-bond donors (Lipinski definition) is 3. The highest BCUT2D eigenvalue weighted by atomic mass is 32.1. The second-order valence-electron chi connectivity index (χ2n) is 4.55. The van der Waals surface area contributed by atoms with E-state index in [1.807, 2.05) is 13.8 Å². The summed E-state index contributed by atoms with van der Waals surface area (Å²) in [4.78, 5) is 27.3. The average Bonchev–Trinajstić information content (AvgIpc) is 2.84. The number of rotatable bonds is 4. The normalized spacial score (nSPS) is 12.3. The lowest BCUT2D eigenvalue weighted by Gasteiger charge is -2.06. The smallest absolute Gasteiger partial charge is 0.322 e. The molecule has 1 atom stereocenters. The van der Waals surface area contributed by atoms with Crippen molar-refractivity contribution in [2.24, 2.45) is 5.73 Å². The summed E-state index contributed by atoms with van der Waals surface area (Å²) in [6.07, 6.45) is 1.77. The number of carboxylic acids is 1. The Morgan fingerprint density at radius 3 is 2.85 bits per heavy atom. The predicted octanol–water partition coefficient (Wildman–Crippen LogP) is 1.05. The molecular formula is C13H15N3O3S. The van der Waals surface area contributed by atoms with Crippen LogP contribution in [0.4, 0.5) is 0 Å². The first-order valence-electron chi connectivity index (χ1n) is 6.02. The molecule has 0 aliphatic carbocycles. The van der Waals surface area contributed by atoms with Crippen molar-refractivity contribution < 1.29 is 14.7 Å². The van der Waals surface area contributed by atoms with Gasteiger partial charge in [-0.05, 0) is 31.0 Å². The van der Waals surface area contributed by atoms with E-state index in [2.05, 4.69) is 10.3 Å². The zero-order valence-corrected chi connectivity index (χ0v) is 12.0. The topological polar surface area (TPSA) is 105 Å². The summed E-state index contributed by atoms with van der Waals surface area (Å²) < 4.78 is 0.970. The van der Waals surface area contributed by atoms with Gasteiger partial charge in [0.15, 0.2) is 0 Å². The molecule has 0 saturated heterocycles. The molecule has 2 aromatic heterocycles. The Balaban J connectivity index is 2.19. The number of pyridine rings is 1. The molecule has 2 heterocycles. The molecule has 0 fully saturated rings. The first-order chi connectivity index (χ1) is 9.40. The van der Waals surface area contributed by atoms with Crippen LogP contribution in [0.5, 0.6) is 0 Å². The first-order valence-corrected chi connectivity index (χ1v) is 6.84. The van der Waals surface area contributed by atoms with Crippen molar-refractivity contribution in [3.63, 3.8) is 0 Å². The third-order valence-electron chi connectivity index (χ3n) is 3.07. The number of aromatic nitrogens is 1. The zero-order valence-electron chi connectivity index (χ0n) is 11.1. The van der Waals surface area contributed by atoms with Crippen molar-refractivity contribution >= 4 is 33.4 Å². The van der Waals surface area contributed by atoms with Gasteiger partial charge < -0.3 is 16.2 Å². The second kappa shape index (κ2) is 5.56. The van der Waals surface area contributed by atoms with E-state index in [1.54, 1.807) is 12.3 Å². The molecule has 2 aromatic rings. The summed E-state index contributed by atoms with van der Waals surface area (Å²) in [7, 11) is 0. The van der Waals surface area contributed by atoms with Crippen LogP contribution in [0.25, 0.3) is 10.2 Å². The highest BCUT2D eigenvalue weighted by molar-refractivity contribution is 7.21. The summed E-state index contributed by atoms with van der Waals surface area (Å²) in [6.45, 7) is 3.85. The summed E-state index contributed by atoms with van der Waals surface area (Å²) in [6, 6.07) is 0.601. The van der Waals surface area contributed by atoms with Gasteiger partial charge in [0.05, 0.1) is 15.1 Å². The van der Waals surface area contributed by atoms with Crippen LogP contribution in [-0.2, 0) is 4.79 Å². The highest BCUT2D eigenvalue weighted by Crippen LogP contribution is 2.28. The average molecular weight is 293 g/mol. The molecule has 106 valence electrons. The van der Waals surface area contributed by atoms with Gasteiger partial charge in [-0.3, -0.25) is 14.6 Å². The molecule has 2 rings (SSSR count). The van der Waals surface area contributed by atoms with Crippen molar-refractivity contribution in [2.75, 3.05) is 6.54 Å². The van der Waals surface area contributed by atoms with Crippen LogP contribution in [0, 0.1) is 13.8 Å². The summed E-state index contributed by atoms with van der Waals surface area (Å²) >= 11 is 1.34. The zero-order chi connectivity index (χ0) is 14.9. The van der Waals surface area contributed by atoms with Crippen LogP contribution in [0.15, 0.2) is 12.3 Å². The monoisotopic (exact) mass is 293 g/mol. The maximum absolute atomic E-state index is 12.0. The lowest BCUT2D eigenvalue weighted by atomic mass is 10.2. The second-order valence-corrected chi connectivity index (χ2v) is 5.60. The Kier molecular flexibility index (Phi) is 4.01. The van der Waals surface area contributed by atoms with Crippen molar-refractivity contribution in [2.45, 2.75) is 19.9 Å². The van der Waals surface area contributed by atoms with Crippen LogP contribution >= 0.6 is 11.3 Å². The summed E-state index contributed by atoms with van der Waals surface area (Å²) in [5.41, 5.74) is 8.28. The van der Waals surface area contributed by atoms with Crippen LogP contribution in [0.1, 0.15) is 20.8 Å². The number of aryl methyl sites for hydroxylation is 2. The highest BCUT2D eigenvalue weighted by Gasteiger charge is 2.16. The fraction of sp³-hybridized carbons (Fsp3) is 0.308. The number of amides is 1. The van der Waals surface area contributed by atoms with Gasteiger partial charge in [-0.2, -0.15) is 0 Å². The molecule has 0 radical (unpaired) electrons. The predicted molar refractivity (Wildman–Crippen MR) is 77.0 cm³/mol. The number of hydrogen-bond acceptors (Lipinski definition) is 5. The van der Waals surface area contributed by atoms with E-state index in [4.69, 9.17) is 10.8 Å². The number of nitrogens with two attached hydrogens (primary N) is 1. The Morgan fingerprint density at radius 2 is 2.20 bits per heavy atom. The van der Waals surface area contributed by atoms with E-state index in [9.17, 15) is 9.59 Å². The molecule has 0 spiro atoms. The molecule has 4 N–H and O–H groups in total. The molecule has 0 bridgehead atoms. The minimum absolute atomic E-state index is 0.103. The van der Waals surface area contributed by atoms with Gasteiger partial charge in [0.25, 0.3) is 5.91 Å². The number of fused-ring (bicyclic) bond motifs is 1. The van der Waals surface area contributed by atoms with Crippen LogP contribution in [0.2, 0.25) is 0 Å². The fourth-order valence-electron chi connectivity index (χ4n) is 1.68. The quantitative estimate of drug-likeness (QED) is 0.781. The summed E-state index contributed by atoms with van der Waals surface area (Å²) in [5.74, 6) is -1.48. The SMILES string of the molecule is Cc1cnc2cc(C(=O)NC[C@@H](N)C(=O)O)sc2c1C. The minimum Gasteiger partial charge on any atom is -0.480 e. The standard InChI is InChI=1S/C13H15N3O3S/c1-6-4-15-9-3-10(20-11(9)7(6)2)12(17)16-5-8(14)13(18)19/h3-4,8H,5,14H2,1-2H3,(H,16,17)(H,18,19)/t8-/m1/s1. The van der Waals surface area contributed by atoms with Gasteiger partial charge in [-0.1, -0.05) is 0 Å². The molecule has 0 aliphatic heterocycles. The molecule has 7 heteroatoms. The van der Waals surface area contributed by atoms with Crippen molar-refractivity contribution in [3.05, 3.63) is 28.3 Å². The lowest BCUT2D eigenvalue weighted by molar-refractivity contribution is -0.138. The van der Waals surface area contributed by atoms with E-state index >= 15 is 0 Å². The van der Waals surface area contributed by atoms with Crippen molar-refractivity contribution in [1.82, 2.24) is 10.3 Å². The molecule has 6 nitrogen and oxygen atoms in total. The Hall–Kier alpha value is -1.99. The van der Waals surface area contributed by atoms with Gasteiger partial charge >= 0.3 is 5.97 Å². The van der Waals surface area contributed by atoms with E-state index in [0.717, 1.165) is 21.3 Å². The third-order valence-corrected chi connectivity index (χ3v) is 4.31. The molecule has 1 amide bonds. The molecule has 0 aromatic carbocycles. The number of thiophene rings is 1. The minimum atomic E-state index is -1.14. The molecule has 0 aliphatic rings. The van der Waals surface area contributed by atoms with E-state index in [1.165, 1.54) is 11.3 Å². The van der Waals surface area contributed by atoms with E-state index < -0.39 is 12.0 Å². The Bertz CT molecular complexity index is 681. The Labute approximate surface area is 119 Å². The molecule has 0 unspecified atom stereocenters. The van der Waals surface area contributed by atoms with Crippen LogP contribution in [0.3, 0.4) is 0 Å².